The normalized spacial score (nSPS) is 10.4. The lowest BCUT2D eigenvalue weighted by Gasteiger charge is -2.08. The highest BCUT2D eigenvalue weighted by atomic mass is 35.5. The number of aromatic nitrogens is 2. The number of nitrogens with zero attached hydrogens (tertiary/aromatic N) is 2. The van der Waals surface area contributed by atoms with Gasteiger partial charge in [0.15, 0.2) is 10.9 Å². The fourth-order valence-corrected chi connectivity index (χ4v) is 2.60. The van der Waals surface area contributed by atoms with Crippen LogP contribution >= 0.6 is 23.4 Å². The molecule has 2 aromatic rings. The number of hydrogen-bond donors (Lipinski definition) is 2. The third-order valence-corrected chi connectivity index (χ3v) is 4.25. The highest BCUT2D eigenvalue weighted by molar-refractivity contribution is 7.99. The fourth-order valence-electron chi connectivity index (χ4n) is 1.76. The van der Waals surface area contributed by atoms with Crippen molar-refractivity contribution in [2.45, 2.75) is 18.5 Å². The van der Waals surface area contributed by atoms with Crippen molar-refractivity contribution in [3.63, 3.8) is 0 Å². The first-order chi connectivity index (χ1) is 12.0. The largest absolute Gasteiger partial charge is 0.342 e. The van der Waals surface area contributed by atoms with Gasteiger partial charge in [0.05, 0.1) is 17.8 Å². The van der Waals surface area contributed by atoms with E-state index in [2.05, 4.69) is 20.6 Å². The highest BCUT2D eigenvalue weighted by Gasteiger charge is 2.15. The van der Waals surface area contributed by atoms with Crippen molar-refractivity contribution >= 4 is 40.9 Å². The minimum absolute atomic E-state index is 0.0184. The summed E-state index contributed by atoms with van der Waals surface area (Å²) in [7, 11) is 0. The zero-order chi connectivity index (χ0) is 18.2. The number of anilines is 1. The number of halogens is 2. The first kappa shape index (κ1) is 19.1. The smallest absolute Gasteiger partial charge is 0.272 e. The molecule has 25 heavy (non-hydrogen) atoms. The van der Waals surface area contributed by atoms with Gasteiger partial charge in [0, 0.05) is 11.4 Å². The molecule has 0 aliphatic carbocycles. The van der Waals surface area contributed by atoms with E-state index in [1.807, 2.05) is 6.92 Å². The second-order valence-corrected chi connectivity index (χ2v) is 6.40. The van der Waals surface area contributed by atoms with Crippen LogP contribution in [0, 0.1) is 5.82 Å². The van der Waals surface area contributed by atoms with Crippen LogP contribution in [0.1, 0.15) is 23.8 Å². The summed E-state index contributed by atoms with van der Waals surface area (Å²) in [6.45, 7) is 1.75. The Morgan fingerprint density at radius 1 is 1.28 bits per heavy atom. The molecule has 2 N–H and O–H groups in total. The molecule has 1 heterocycles. The molecule has 1 aromatic carbocycles. The monoisotopic (exact) mass is 382 g/mol. The zero-order valence-electron chi connectivity index (χ0n) is 13.4. The van der Waals surface area contributed by atoms with Gasteiger partial charge < -0.3 is 10.6 Å². The molecule has 9 heteroatoms. The molecular formula is C16H16ClFN4O2S. The van der Waals surface area contributed by atoms with E-state index >= 15 is 0 Å². The van der Waals surface area contributed by atoms with E-state index in [1.54, 1.807) is 0 Å². The molecule has 0 radical (unpaired) electrons. The van der Waals surface area contributed by atoms with Gasteiger partial charge in [0.1, 0.15) is 5.82 Å². The molecule has 0 fully saturated rings. The van der Waals surface area contributed by atoms with E-state index in [-0.39, 0.29) is 17.3 Å². The molecular weight excluding hydrogens is 367 g/mol. The molecule has 0 saturated heterocycles. The van der Waals surface area contributed by atoms with Gasteiger partial charge in [0.25, 0.3) is 5.91 Å². The minimum Gasteiger partial charge on any atom is -0.342 e. The minimum atomic E-state index is -0.569. The van der Waals surface area contributed by atoms with Crippen LogP contribution in [-0.2, 0) is 4.79 Å². The Morgan fingerprint density at radius 2 is 2.00 bits per heavy atom. The van der Waals surface area contributed by atoms with Crippen molar-refractivity contribution < 1.29 is 14.0 Å². The second-order valence-electron chi connectivity index (χ2n) is 4.94. The van der Waals surface area contributed by atoms with Crippen molar-refractivity contribution in [2.75, 3.05) is 17.6 Å². The Balaban J connectivity index is 1.92. The number of rotatable bonds is 7. The number of nitrogens with one attached hydrogen (secondary N) is 2. The van der Waals surface area contributed by atoms with Gasteiger partial charge in [-0.15, -0.1) is 0 Å². The molecule has 0 spiro atoms. The van der Waals surface area contributed by atoms with Crippen molar-refractivity contribution in [3.05, 3.63) is 47.0 Å². The molecule has 0 aliphatic heterocycles. The quantitative estimate of drug-likeness (QED) is 0.567. The molecule has 6 nitrogen and oxygen atoms in total. The van der Waals surface area contributed by atoms with Gasteiger partial charge in [0.2, 0.25) is 5.91 Å². The van der Waals surface area contributed by atoms with E-state index < -0.39 is 17.6 Å². The standard InChI is InChI=1S/C16H16ClFN4O2S/c1-2-7-25-16-20-8-12(17)14(22-16)15(24)19-9-13(23)21-11-5-3-10(18)4-6-11/h3-6,8H,2,7,9H2,1H3,(H,19,24)(H,21,23). The average molecular weight is 383 g/mol. The SMILES string of the molecule is CCCSc1ncc(Cl)c(C(=O)NCC(=O)Nc2ccc(F)cc2)n1. The average Bonchev–Trinajstić information content (AvgIpc) is 2.61. The summed E-state index contributed by atoms with van der Waals surface area (Å²) in [4.78, 5) is 32.2. The number of thioether (sulfide) groups is 1. The molecule has 0 bridgehead atoms. The second kappa shape index (κ2) is 9.33. The molecule has 2 rings (SSSR count). The van der Waals surface area contributed by atoms with Crippen LogP contribution in [-0.4, -0.2) is 34.1 Å². The van der Waals surface area contributed by atoms with E-state index in [0.29, 0.717) is 10.8 Å². The van der Waals surface area contributed by atoms with Gasteiger partial charge in [-0.05, 0) is 30.7 Å². The maximum atomic E-state index is 12.8. The van der Waals surface area contributed by atoms with Gasteiger partial charge in [-0.25, -0.2) is 14.4 Å². The Morgan fingerprint density at radius 3 is 2.68 bits per heavy atom. The van der Waals surface area contributed by atoms with Crippen molar-refractivity contribution in [3.8, 4) is 0 Å². The number of carbonyl (C=O) groups is 2. The topological polar surface area (TPSA) is 84.0 Å². The number of hydrogen-bond acceptors (Lipinski definition) is 5. The predicted octanol–water partition coefficient (Wildman–Crippen LogP) is 3.14. The van der Waals surface area contributed by atoms with Crippen LogP contribution in [0.5, 0.6) is 0 Å². The Hall–Kier alpha value is -2.19. The molecule has 0 aliphatic rings. The maximum absolute atomic E-state index is 12.8. The van der Waals surface area contributed by atoms with E-state index in [4.69, 9.17) is 11.6 Å². The van der Waals surface area contributed by atoms with Crippen molar-refractivity contribution in [1.29, 1.82) is 0 Å². The Bertz CT molecular complexity index is 758. The lowest BCUT2D eigenvalue weighted by molar-refractivity contribution is -0.115. The van der Waals surface area contributed by atoms with Crippen LogP contribution in [0.2, 0.25) is 5.02 Å². The summed E-state index contributed by atoms with van der Waals surface area (Å²) in [6, 6.07) is 5.30. The lowest BCUT2D eigenvalue weighted by atomic mass is 10.3. The van der Waals surface area contributed by atoms with E-state index in [0.717, 1.165) is 12.2 Å². The fraction of sp³-hybridized carbons (Fsp3) is 0.250. The summed E-state index contributed by atoms with van der Waals surface area (Å²) in [5, 5.41) is 5.54. The molecule has 0 unspecified atom stereocenters. The lowest BCUT2D eigenvalue weighted by Crippen LogP contribution is -2.33. The van der Waals surface area contributed by atoms with Crippen LogP contribution in [0.4, 0.5) is 10.1 Å². The van der Waals surface area contributed by atoms with Crippen molar-refractivity contribution in [2.24, 2.45) is 0 Å². The summed E-state index contributed by atoms with van der Waals surface area (Å²) >= 11 is 7.37. The Labute approximate surface area is 153 Å². The van der Waals surface area contributed by atoms with Crippen LogP contribution in [0.25, 0.3) is 0 Å². The summed E-state index contributed by atoms with van der Waals surface area (Å²) < 4.78 is 12.8. The molecule has 132 valence electrons. The van der Waals surface area contributed by atoms with E-state index in [1.165, 1.54) is 42.2 Å². The van der Waals surface area contributed by atoms with Gasteiger partial charge >= 0.3 is 0 Å². The Kier molecular flexibility index (Phi) is 7.15. The molecule has 0 atom stereocenters. The van der Waals surface area contributed by atoms with Crippen LogP contribution in [0.15, 0.2) is 35.6 Å². The maximum Gasteiger partial charge on any atom is 0.272 e. The zero-order valence-corrected chi connectivity index (χ0v) is 15.0. The molecule has 2 amide bonds. The van der Waals surface area contributed by atoms with Crippen LogP contribution < -0.4 is 10.6 Å². The highest BCUT2D eigenvalue weighted by Crippen LogP contribution is 2.18. The number of amides is 2. The predicted molar refractivity (Wildman–Crippen MR) is 95.4 cm³/mol. The van der Waals surface area contributed by atoms with Crippen LogP contribution in [0.3, 0.4) is 0 Å². The third-order valence-electron chi connectivity index (χ3n) is 2.91. The van der Waals surface area contributed by atoms with Gasteiger partial charge in [-0.2, -0.15) is 0 Å². The number of benzene rings is 1. The first-order valence-corrected chi connectivity index (χ1v) is 8.85. The van der Waals surface area contributed by atoms with Gasteiger partial charge in [-0.3, -0.25) is 9.59 Å². The summed E-state index contributed by atoms with van der Waals surface area (Å²) in [6.07, 6.45) is 2.31. The summed E-state index contributed by atoms with van der Waals surface area (Å²) in [5.41, 5.74) is 0.448. The summed E-state index contributed by atoms with van der Waals surface area (Å²) in [5.74, 6) is -0.602. The van der Waals surface area contributed by atoms with Gasteiger partial charge in [-0.1, -0.05) is 30.3 Å². The third kappa shape index (κ3) is 5.99. The molecule has 1 aromatic heterocycles. The number of carbonyl (C=O) groups excluding carboxylic acids is 2. The van der Waals surface area contributed by atoms with Crippen molar-refractivity contribution in [1.82, 2.24) is 15.3 Å². The van der Waals surface area contributed by atoms with E-state index in [9.17, 15) is 14.0 Å². The molecule has 0 saturated carbocycles. The first-order valence-electron chi connectivity index (χ1n) is 7.48.